The van der Waals surface area contributed by atoms with Crippen molar-refractivity contribution in [1.82, 2.24) is 9.80 Å². The molecular formula is C17H21N3O6S. The molecule has 2 saturated heterocycles. The maximum atomic E-state index is 13.0. The summed E-state index contributed by atoms with van der Waals surface area (Å²) in [5.41, 5.74) is 0. The van der Waals surface area contributed by atoms with Gasteiger partial charge in [0.05, 0.1) is 15.7 Å². The quantitative estimate of drug-likeness (QED) is 0.613. The topological polar surface area (TPSA) is 121 Å². The molecule has 0 aromatic carbocycles. The molecule has 3 rings (SSSR count). The second-order valence-corrected chi connectivity index (χ2v) is 8.23. The largest absolute Gasteiger partial charge is 0.481 e. The van der Waals surface area contributed by atoms with Gasteiger partial charge in [0.2, 0.25) is 5.91 Å². The summed E-state index contributed by atoms with van der Waals surface area (Å²) in [6.07, 6.45) is 1.72. The van der Waals surface area contributed by atoms with Crippen LogP contribution in [-0.2, 0) is 9.59 Å². The second kappa shape index (κ2) is 7.63. The summed E-state index contributed by atoms with van der Waals surface area (Å²) in [5.74, 6) is -2.05. The zero-order valence-electron chi connectivity index (χ0n) is 14.9. The highest BCUT2D eigenvalue weighted by atomic mass is 32.1. The Labute approximate surface area is 159 Å². The Morgan fingerprint density at radius 2 is 2.04 bits per heavy atom. The third kappa shape index (κ3) is 3.95. The van der Waals surface area contributed by atoms with Gasteiger partial charge in [-0.15, -0.1) is 0 Å². The molecule has 0 saturated carbocycles. The Balaban J connectivity index is 1.74. The Bertz CT molecular complexity index is 778. The molecule has 0 spiro atoms. The van der Waals surface area contributed by atoms with Gasteiger partial charge in [-0.1, -0.05) is 18.3 Å². The summed E-state index contributed by atoms with van der Waals surface area (Å²) < 4.78 is 0. The summed E-state index contributed by atoms with van der Waals surface area (Å²) in [7, 11) is 0. The van der Waals surface area contributed by atoms with Crippen LogP contribution >= 0.6 is 11.3 Å². The van der Waals surface area contributed by atoms with Crippen molar-refractivity contribution in [2.45, 2.75) is 32.2 Å². The van der Waals surface area contributed by atoms with Crippen LogP contribution in [0.1, 0.15) is 35.9 Å². The fraction of sp³-hybridized carbons (Fsp3) is 0.588. The Hall–Kier alpha value is -2.49. The molecule has 0 bridgehead atoms. The van der Waals surface area contributed by atoms with Gasteiger partial charge in [-0.2, -0.15) is 0 Å². The lowest BCUT2D eigenvalue weighted by atomic mass is 9.90. The van der Waals surface area contributed by atoms with Crippen LogP contribution in [0.25, 0.3) is 0 Å². The third-order valence-corrected chi connectivity index (χ3v) is 6.13. The van der Waals surface area contributed by atoms with Gasteiger partial charge in [-0.3, -0.25) is 24.5 Å². The monoisotopic (exact) mass is 395 g/mol. The van der Waals surface area contributed by atoms with Crippen molar-refractivity contribution in [2.24, 2.45) is 11.8 Å². The predicted octanol–water partition coefficient (Wildman–Crippen LogP) is 1.83. The molecule has 2 aliphatic heterocycles. The molecule has 1 aromatic rings. The van der Waals surface area contributed by atoms with Crippen LogP contribution in [0.15, 0.2) is 12.1 Å². The predicted molar refractivity (Wildman–Crippen MR) is 96.5 cm³/mol. The van der Waals surface area contributed by atoms with E-state index in [-0.39, 0.29) is 34.2 Å². The van der Waals surface area contributed by atoms with Crippen LogP contribution in [0, 0.1) is 22.0 Å². The molecule has 0 aliphatic carbocycles. The number of carbonyl (C=O) groups is 3. The number of nitrogens with zero attached hydrogens (tertiary/aromatic N) is 3. The molecule has 10 heteroatoms. The molecule has 2 amide bonds. The molecule has 3 atom stereocenters. The highest BCUT2D eigenvalue weighted by Gasteiger charge is 2.40. The molecule has 1 N–H and O–H groups in total. The lowest BCUT2D eigenvalue weighted by Gasteiger charge is -2.37. The summed E-state index contributed by atoms with van der Waals surface area (Å²) in [5, 5.41) is 20.0. The molecule has 9 nitrogen and oxygen atoms in total. The smallest absolute Gasteiger partial charge is 0.324 e. The summed E-state index contributed by atoms with van der Waals surface area (Å²) in [6.45, 7) is 2.96. The van der Waals surface area contributed by atoms with Crippen LogP contribution in [0.3, 0.4) is 0 Å². The molecule has 1 aromatic heterocycles. The van der Waals surface area contributed by atoms with Gasteiger partial charge in [-0.05, 0) is 31.2 Å². The molecule has 27 heavy (non-hydrogen) atoms. The minimum atomic E-state index is -0.912. The molecule has 3 unspecified atom stereocenters. The third-order valence-electron chi connectivity index (χ3n) is 5.10. The lowest BCUT2D eigenvalue weighted by molar-refractivity contribution is -0.380. The highest BCUT2D eigenvalue weighted by molar-refractivity contribution is 7.17. The van der Waals surface area contributed by atoms with Crippen molar-refractivity contribution in [3.8, 4) is 0 Å². The maximum Gasteiger partial charge on any atom is 0.324 e. The molecule has 3 heterocycles. The van der Waals surface area contributed by atoms with Crippen LogP contribution in [0.5, 0.6) is 0 Å². The number of carboxylic acid groups (broad SMARTS) is 1. The number of carboxylic acids is 1. The van der Waals surface area contributed by atoms with Gasteiger partial charge >= 0.3 is 11.0 Å². The van der Waals surface area contributed by atoms with Gasteiger partial charge in [0.1, 0.15) is 6.04 Å². The van der Waals surface area contributed by atoms with Gasteiger partial charge in [0.15, 0.2) is 0 Å². The SMILES string of the molecule is CC1CC(C(=O)O)CN(C(=O)C2CCCN2C(=O)c2ccc([N+](=O)[O-])s2)C1. The fourth-order valence-electron chi connectivity index (χ4n) is 3.87. The zero-order chi connectivity index (χ0) is 19.7. The Kier molecular flexibility index (Phi) is 5.45. The van der Waals surface area contributed by atoms with E-state index in [1.165, 1.54) is 17.0 Å². The first-order valence-corrected chi connectivity index (χ1v) is 9.66. The molecular weight excluding hydrogens is 374 g/mol. The van der Waals surface area contributed by atoms with Gasteiger partial charge in [0, 0.05) is 25.7 Å². The normalized spacial score (nSPS) is 25.4. The van der Waals surface area contributed by atoms with Crippen LogP contribution in [0.4, 0.5) is 5.00 Å². The van der Waals surface area contributed by atoms with E-state index < -0.39 is 22.9 Å². The first-order valence-electron chi connectivity index (χ1n) is 8.84. The number of hydrogen-bond acceptors (Lipinski definition) is 6. The van der Waals surface area contributed by atoms with Crippen molar-refractivity contribution in [1.29, 1.82) is 0 Å². The molecule has 0 radical (unpaired) electrons. The van der Waals surface area contributed by atoms with Crippen LogP contribution < -0.4 is 0 Å². The number of amides is 2. The molecule has 146 valence electrons. The average Bonchev–Trinajstić information content (AvgIpc) is 3.29. The minimum Gasteiger partial charge on any atom is -0.481 e. The number of hydrogen-bond donors (Lipinski definition) is 1. The van der Waals surface area contributed by atoms with E-state index in [2.05, 4.69) is 0 Å². The van der Waals surface area contributed by atoms with E-state index in [9.17, 15) is 29.6 Å². The first-order chi connectivity index (χ1) is 12.8. The maximum absolute atomic E-state index is 13.0. The molecule has 2 aliphatic rings. The number of likely N-dealkylation sites (tertiary alicyclic amines) is 2. The van der Waals surface area contributed by atoms with Crippen LogP contribution in [-0.4, -0.2) is 63.3 Å². The average molecular weight is 395 g/mol. The van der Waals surface area contributed by atoms with E-state index in [1.807, 2.05) is 6.92 Å². The van der Waals surface area contributed by atoms with Crippen molar-refractivity contribution in [3.63, 3.8) is 0 Å². The lowest BCUT2D eigenvalue weighted by Crippen LogP contribution is -2.52. The Morgan fingerprint density at radius 3 is 2.67 bits per heavy atom. The van der Waals surface area contributed by atoms with Gasteiger partial charge < -0.3 is 14.9 Å². The van der Waals surface area contributed by atoms with E-state index in [0.29, 0.717) is 32.4 Å². The molecule has 2 fully saturated rings. The fourth-order valence-corrected chi connectivity index (χ4v) is 4.65. The number of carbonyl (C=O) groups excluding carboxylic acids is 2. The van der Waals surface area contributed by atoms with Crippen molar-refractivity contribution >= 4 is 34.1 Å². The number of nitro groups is 1. The van der Waals surface area contributed by atoms with E-state index in [1.54, 1.807) is 4.90 Å². The highest BCUT2D eigenvalue weighted by Crippen LogP contribution is 2.30. The van der Waals surface area contributed by atoms with E-state index in [4.69, 9.17) is 0 Å². The number of piperidine rings is 1. The summed E-state index contributed by atoms with van der Waals surface area (Å²) in [6, 6.07) is 2.06. The van der Waals surface area contributed by atoms with Crippen molar-refractivity contribution in [2.75, 3.05) is 19.6 Å². The summed E-state index contributed by atoms with van der Waals surface area (Å²) >= 11 is 0.797. The van der Waals surface area contributed by atoms with Gasteiger partial charge in [-0.25, -0.2) is 0 Å². The standard InChI is InChI=1S/C17H21N3O6S/c1-10-7-11(17(23)24)9-18(8-10)15(21)12-3-2-6-19(12)16(22)13-4-5-14(27-13)20(25)26/h4-5,10-12H,2-3,6-9H2,1H3,(H,23,24). The van der Waals surface area contributed by atoms with Crippen molar-refractivity contribution in [3.05, 3.63) is 27.1 Å². The summed E-state index contributed by atoms with van der Waals surface area (Å²) in [4.78, 5) is 50.7. The minimum absolute atomic E-state index is 0.0781. The van der Waals surface area contributed by atoms with Gasteiger partial charge in [0.25, 0.3) is 5.91 Å². The Morgan fingerprint density at radius 1 is 1.30 bits per heavy atom. The van der Waals surface area contributed by atoms with E-state index >= 15 is 0 Å². The number of thiophene rings is 1. The zero-order valence-corrected chi connectivity index (χ0v) is 15.7. The van der Waals surface area contributed by atoms with Crippen molar-refractivity contribution < 1.29 is 24.4 Å². The van der Waals surface area contributed by atoms with Crippen LogP contribution in [0.2, 0.25) is 0 Å². The number of rotatable bonds is 4. The number of aliphatic carboxylic acids is 1. The van der Waals surface area contributed by atoms with E-state index in [0.717, 1.165) is 11.3 Å². The second-order valence-electron chi connectivity index (χ2n) is 7.17. The first kappa shape index (κ1) is 19.3.